The zero-order valence-electron chi connectivity index (χ0n) is 19.7. The molecule has 1 saturated carbocycles. The van der Waals surface area contributed by atoms with Gasteiger partial charge < -0.3 is 29.6 Å². The summed E-state index contributed by atoms with van der Waals surface area (Å²) < 4.78 is 21.8. The van der Waals surface area contributed by atoms with Gasteiger partial charge in [-0.25, -0.2) is 0 Å². The lowest BCUT2D eigenvalue weighted by Gasteiger charge is -2.27. The molecule has 0 radical (unpaired) electrons. The second kappa shape index (κ2) is 14.6. The molecule has 0 unspecified atom stereocenters. The molecular formula is C23H40IN3O4. The molecule has 0 saturated heterocycles. The van der Waals surface area contributed by atoms with E-state index in [-0.39, 0.29) is 29.4 Å². The summed E-state index contributed by atoms with van der Waals surface area (Å²) in [5.41, 5.74) is 1.29. The molecule has 31 heavy (non-hydrogen) atoms. The van der Waals surface area contributed by atoms with Crippen LogP contribution >= 0.6 is 24.0 Å². The predicted octanol–water partition coefficient (Wildman–Crippen LogP) is 4.02. The topological polar surface area (TPSA) is 73.3 Å². The zero-order valence-corrected chi connectivity index (χ0v) is 22.0. The van der Waals surface area contributed by atoms with Gasteiger partial charge in [0.25, 0.3) is 0 Å². The standard InChI is InChI=1S/C23H39N3O4.HI/c1-6-24-22(26-17-23(12-14-27-2)10-7-8-11-23)25-13-9-19-20(29-4)15-18(28-3)16-21(19)30-5;/h15-16H,6-14,17H2,1-5H3,(H2,24,25,26);1H. The largest absolute Gasteiger partial charge is 0.496 e. The van der Waals surface area contributed by atoms with E-state index in [1.165, 1.54) is 25.7 Å². The summed E-state index contributed by atoms with van der Waals surface area (Å²) in [6.07, 6.45) is 6.88. The van der Waals surface area contributed by atoms with Gasteiger partial charge in [-0.15, -0.1) is 24.0 Å². The Labute approximate surface area is 204 Å². The van der Waals surface area contributed by atoms with Crippen LogP contribution in [0.2, 0.25) is 0 Å². The van der Waals surface area contributed by atoms with Crippen LogP contribution in [0.4, 0.5) is 0 Å². The van der Waals surface area contributed by atoms with Crippen molar-refractivity contribution in [2.45, 2.75) is 45.4 Å². The van der Waals surface area contributed by atoms with Crippen molar-refractivity contribution < 1.29 is 18.9 Å². The van der Waals surface area contributed by atoms with Gasteiger partial charge in [-0.1, -0.05) is 12.8 Å². The number of benzene rings is 1. The highest BCUT2D eigenvalue weighted by atomic mass is 127. The molecule has 0 spiro atoms. The van der Waals surface area contributed by atoms with Gasteiger partial charge in [0.05, 0.1) is 21.3 Å². The first kappa shape index (κ1) is 27.6. The van der Waals surface area contributed by atoms with E-state index < -0.39 is 0 Å². The molecule has 0 atom stereocenters. The summed E-state index contributed by atoms with van der Waals surface area (Å²) in [5, 5.41) is 6.83. The minimum atomic E-state index is 0. The number of hydrogen-bond acceptors (Lipinski definition) is 5. The van der Waals surface area contributed by atoms with Crippen LogP contribution in [0.5, 0.6) is 17.2 Å². The molecule has 7 nitrogen and oxygen atoms in total. The van der Waals surface area contributed by atoms with Crippen molar-refractivity contribution in [3.8, 4) is 17.2 Å². The van der Waals surface area contributed by atoms with E-state index >= 15 is 0 Å². The number of nitrogens with zero attached hydrogens (tertiary/aromatic N) is 1. The highest BCUT2D eigenvalue weighted by Crippen LogP contribution is 2.41. The van der Waals surface area contributed by atoms with Crippen LogP contribution in [0, 0.1) is 5.41 Å². The maximum atomic E-state index is 5.56. The van der Waals surface area contributed by atoms with E-state index in [0.29, 0.717) is 5.75 Å². The van der Waals surface area contributed by atoms with Gasteiger partial charge >= 0.3 is 0 Å². The molecular weight excluding hydrogens is 509 g/mol. The summed E-state index contributed by atoms with van der Waals surface area (Å²) in [7, 11) is 6.74. The monoisotopic (exact) mass is 549 g/mol. The van der Waals surface area contributed by atoms with Crippen LogP contribution in [0.1, 0.15) is 44.6 Å². The van der Waals surface area contributed by atoms with Crippen LogP contribution in [0.15, 0.2) is 17.1 Å². The lowest BCUT2D eigenvalue weighted by molar-refractivity contribution is 0.141. The molecule has 1 aromatic rings. The number of nitrogens with one attached hydrogen (secondary N) is 2. The molecule has 1 aromatic carbocycles. The predicted molar refractivity (Wildman–Crippen MR) is 137 cm³/mol. The Morgan fingerprint density at radius 1 is 1.00 bits per heavy atom. The van der Waals surface area contributed by atoms with Crippen molar-refractivity contribution in [1.82, 2.24) is 10.6 Å². The van der Waals surface area contributed by atoms with Crippen LogP contribution in [0.25, 0.3) is 0 Å². The summed E-state index contributed by atoms with van der Waals surface area (Å²) >= 11 is 0. The average Bonchev–Trinajstić information content (AvgIpc) is 3.24. The third-order valence-corrected chi connectivity index (χ3v) is 5.90. The van der Waals surface area contributed by atoms with Gasteiger partial charge in [0.2, 0.25) is 0 Å². The highest BCUT2D eigenvalue weighted by molar-refractivity contribution is 14.0. The molecule has 0 aliphatic heterocycles. The molecule has 0 amide bonds. The van der Waals surface area contributed by atoms with Crippen LogP contribution in [0.3, 0.4) is 0 Å². The third kappa shape index (κ3) is 8.21. The molecule has 1 aliphatic rings. The first-order chi connectivity index (χ1) is 14.6. The van der Waals surface area contributed by atoms with Gasteiger partial charge in [-0.3, -0.25) is 4.99 Å². The Bertz CT molecular complexity index is 654. The molecule has 1 fully saturated rings. The quantitative estimate of drug-likeness (QED) is 0.233. The number of hydrogen-bond donors (Lipinski definition) is 2. The third-order valence-electron chi connectivity index (χ3n) is 5.90. The first-order valence-electron chi connectivity index (χ1n) is 10.9. The zero-order chi connectivity index (χ0) is 21.8. The van der Waals surface area contributed by atoms with Crippen molar-refractivity contribution in [3.05, 3.63) is 17.7 Å². The fraction of sp³-hybridized carbons (Fsp3) is 0.696. The highest BCUT2D eigenvalue weighted by Gasteiger charge is 2.33. The van der Waals surface area contributed by atoms with E-state index in [1.807, 2.05) is 12.1 Å². The molecule has 0 heterocycles. The smallest absolute Gasteiger partial charge is 0.191 e. The van der Waals surface area contributed by atoms with Crippen LogP contribution in [-0.4, -0.2) is 60.6 Å². The molecule has 0 aromatic heterocycles. The van der Waals surface area contributed by atoms with Gasteiger partial charge in [0.15, 0.2) is 5.96 Å². The molecule has 1 aliphatic carbocycles. The summed E-state index contributed by atoms with van der Waals surface area (Å²) in [5.74, 6) is 3.10. The van der Waals surface area contributed by atoms with Crippen molar-refractivity contribution in [2.24, 2.45) is 10.4 Å². The van der Waals surface area contributed by atoms with E-state index in [0.717, 1.165) is 62.1 Å². The fourth-order valence-electron chi connectivity index (χ4n) is 4.15. The maximum absolute atomic E-state index is 5.56. The first-order valence-corrected chi connectivity index (χ1v) is 10.9. The minimum Gasteiger partial charge on any atom is -0.496 e. The van der Waals surface area contributed by atoms with Gasteiger partial charge in [0, 0.05) is 51.0 Å². The Hall–Kier alpha value is -1.42. The van der Waals surface area contributed by atoms with Crippen molar-refractivity contribution >= 4 is 29.9 Å². The SMILES string of the molecule is CCNC(=NCC1(CCOC)CCCC1)NCCc1c(OC)cc(OC)cc1OC.I. The van der Waals surface area contributed by atoms with Crippen molar-refractivity contribution in [3.63, 3.8) is 0 Å². The molecule has 8 heteroatoms. The summed E-state index contributed by atoms with van der Waals surface area (Å²) in [4.78, 5) is 4.92. The van der Waals surface area contributed by atoms with Gasteiger partial charge in [-0.2, -0.15) is 0 Å². The lowest BCUT2D eigenvalue weighted by Crippen LogP contribution is -2.39. The summed E-state index contributed by atoms with van der Waals surface area (Å²) in [6, 6.07) is 3.77. The second-order valence-corrected chi connectivity index (χ2v) is 7.83. The molecule has 2 N–H and O–H groups in total. The Morgan fingerprint density at radius 2 is 1.65 bits per heavy atom. The number of guanidine groups is 1. The Kier molecular flexibility index (Phi) is 13.0. The number of rotatable bonds is 12. The van der Waals surface area contributed by atoms with Crippen molar-refractivity contribution in [2.75, 3.05) is 54.7 Å². The number of aliphatic imine (C=N–C) groups is 1. The van der Waals surface area contributed by atoms with E-state index in [2.05, 4.69) is 17.6 Å². The number of halogens is 1. The summed E-state index contributed by atoms with van der Waals surface area (Å²) in [6.45, 7) is 5.27. The normalized spacial score (nSPS) is 15.2. The van der Waals surface area contributed by atoms with Crippen LogP contribution in [-0.2, 0) is 11.2 Å². The van der Waals surface area contributed by atoms with E-state index in [9.17, 15) is 0 Å². The Morgan fingerprint density at radius 3 is 2.16 bits per heavy atom. The lowest BCUT2D eigenvalue weighted by atomic mass is 9.83. The van der Waals surface area contributed by atoms with E-state index in [1.54, 1.807) is 28.4 Å². The van der Waals surface area contributed by atoms with Crippen LogP contribution < -0.4 is 24.8 Å². The minimum absolute atomic E-state index is 0. The number of ether oxygens (including phenoxy) is 4. The van der Waals surface area contributed by atoms with E-state index in [4.69, 9.17) is 23.9 Å². The Balaban J connectivity index is 0.00000480. The maximum Gasteiger partial charge on any atom is 0.191 e. The van der Waals surface area contributed by atoms with Gasteiger partial charge in [0.1, 0.15) is 17.2 Å². The van der Waals surface area contributed by atoms with Crippen molar-refractivity contribution in [1.29, 1.82) is 0 Å². The molecule has 178 valence electrons. The average molecular weight is 549 g/mol. The number of methoxy groups -OCH3 is 4. The van der Waals surface area contributed by atoms with Gasteiger partial charge in [-0.05, 0) is 38.0 Å². The molecule has 2 rings (SSSR count). The molecule has 0 bridgehead atoms. The second-order valence-electron chi connectivity index (χ2n) is 7.83. The fourth-order valence-corrected chi connectivity index (χ4v) is 4.15.